The van der Waals surface area contributed by atoms with Gasteiger partial charge in [-0.05, 0) is 37.5 Å². The number of rotatable bonds is 2. The third kappa shape index (κ3) is 3.15. The number of carbonyl (C=O) groups excluding carboxylic acids is 3. The average molecular weight is 383 g/mol. The first-order chi connectivity index (χ1) is 11.5. The number of amides is 3. The second kappa shape index (κ2) is 5.71. The molecule has 1 aliphatic carbocycles. The zero-order valence-corrected chi connectivity index (χ0v) is 15.8. The quantitative estimate of drug-likeness (QED) is 0.763. The minimum Gasteiger partial charge on any atom is -0.326 e. The fourth-order valence-corrected chi connectivity index (χ4v) is 5.09. The van der Waals surface area contributed by atoms with Crippen LogP contribution < -0.4 is 10.6 Å². The van der Waals surface area contributed by atoms with Gasteiger partial charge in [0.2, 0.25) is 17.7 Å². The van der Waals surface area contributed by atoms with E-state index in [1.165, 1.54) is 0 Å². The normalized spacial score (nSPS) is 34.4. The van der Waals surface area contributed by atoms with Crippen LogP contribution in [0.15, 0.2) is 18.2 Å². The highest BCUT2D eigenvalue weighted by atomic mass is 35.5. The van der Waals surface area contributed by atoms with Gasteiger partial charge in [-0.25, -0.2) is 0 Å². The van der Waals surface area contributed by atoms with Gasteiger partial charge in [-0.15, -0.1) is 0 Å². The molecule has 3 rings (SSSR count). The summed E-state index contributed by atoms with van der Waals surface area (Å²) in [6, 6.07) is 4.80. The van der Waals surface area contributed by atoms with Crippen LogP contribution in [0.1, 0.15) is 40.0 Å². The Morgan fingerprint density at radius 2 is 1.44 bits per heavy atom. The predicted molar refractivity (Wildman–Crippen MR) is 96.4 cm³/mol. The molecular formula is C18H20Cl2N2O3. The highest BCUT2D eigenvalue weighted by Crippen LogP contribution is 2.56. The number of hydrogen-bond acceptors (Lipinski definition) is 3. The Bertz CT molecular complexity index is 746. The zero-order valence-electron chi connectivity index (χ0n) is 14.3. The Labute approximate surface area is 156 Å². The molecule has 0 aromatic heterocycles. The van der Waals surface area contributed by atoms with E-state index in [0.717, 1.165) is 0 Å². The summed E-state index contributed by atoms with van der Waals surface area (Å²) < 4.78 is 0. The first-order valence-corrected chi connectivity index (χ1v) is 8.85. The molecule has 2 N–H and O–H groups in total. The molecule has 1 aromatic carbocycles. The first-order valence-electron chi connectivity index (χ1n) is 8.09. The Kier molecular flexibility index (Phi) is 4.16. The van der Waals surface area contributed by atoms with Crippen molar-refractivity contribution < 1.29 is 14.4 Å². The van der Waals surface area contributed by atoms with Gasteiger partial charge in [0.25, 0.3) is 0 Å². The predicted octanol–water partition coefficient (Wildman–Crippen LogP) is 3.79. The average Bonchev–Trinajstić information content (AvgIpc) is 2.43. The number of anilines is 1. The van der Waals surface area contributed by atoms with Crippen molar-refractivity contribution in [3.63, 3.8) is 0 Å². The Balaban J connectivity index is 1.91. The summed E-state index contributed by atoms with van der Waals surface area (Å²) in [4.78, 5) is 37.7. The van der Waals surface area contributed by atoms with Crippen molar-refractivity contribution >= 4 is 46.6 Å². The smallest absolute Gasteiger partial charge is 0.232 e. The molecule has 25 heavy (non-hydrogen) atoms. The number of halogens is 2. The summed E-state index contributed by atoms with van der Waals surface area (Å²) in [5.41, 5.74) is -1.87. The van der Waals surface area contributed by atoms with Crippen LogP contribution in [0.3, 0.4) is 0 Å². The van der Waals surface area contributed by atoms with Crippen molar-refractivity contribution in [1.29, 1.82) is 0 Å². The third-order valence-corrected chi connectivity index (χ3v) is 5.77. The number of carbonyl (C=O) groups is 3. The van der Waals surface area contributed by atoms with Crippen LogP contribution in [0, 0.1) is 16.2 Å². The van der Waals surface area contributed by atoms with E-state index in [1.807, 2.05) is 13.8 Å². The van der Waals surface area contributed by atoms with Crippen LogP contribution in [0.5, 0.6) is 0 Å². The van der Waals surface area contributed by atoms with Gasteiger partial charge in [0, 0.05) is 32.0 Å². The second-order valence-electron chi connectivity index (χ2n) is 8.11. The maximum Gasteiger partial charge on any atom is 0.232 e. The van der Waals surface area contributed by atoms with Gasteiger partial charge in [-0.3, -0.25) is 19.7 Å². The number of imide groups is 1. The van der Waals surface area contributed by atoms with Gasteiger partial charge in [0.15, 0.2) is 0 Å². The molecule has 2 aliphatic rings. The van der Waals surface area contributed by atoms with Gasteiger partial charge in [-0.1, -0.05) is 44.0 Å². The van der Waals surface area contributed by atoms with Crippen LogP contribution in [0.2, 0.25) is 10.0 Å². The molecular weight excluding hydrogens is 363 g/mol. The SMILES string of the molecule is CC12CC(C)(CC(C)(C(=O)Nc3cc(Cl)cc(Cl)c3)C1)C(=O)NC2=O. The van der Waals surface area contributed by atoms with Crippen molar-refractivity contribution in [1.82, 2.24) is 5.32 Å². The summed E-state index contributed by atoms with van der Waals surface area (Å²) in [6.07, 6.45) is 1.19. The summed E-state index contributed by atoms with van der Waals surface area (Å²) in [7, 11) is 0. The fourth-order valence-electron chi connectivity index (χ4n) is 4.57. The van der Waals surface area contributed by atoms with Gasteiger partial charge in [0.05, 0.1) is 0 Å². The largest absolute Gasteiger partial charge is 0.326 e. The van der Waals surface area contributed by atoms with Crippen molar-refractivity contribution in [3.8, 4) is 0 Å². The summed E-state index contributed by atoms with van der Waals surface area (Å²) >= 11 is 12.0. The van der Waals surface area contributed by atoms with Gasteiger partial charge >= 0.3 is 0 Å². The van der Waals surface area contributed by atoms with E-state index in [4.69, 9.17) is 23.2 Å². The van der Waals surface area contributed by atoms with Crippen molar-refractivity contribution in [2.24, 2.45) is 16.2 Å². The fraction of sp³-hybridized carbons (Fsp3) is 0.500. The number of fused-ring (bicyclic) bond motifs is 2. The molecule has 1 saturated carbocycles. The van der Waals surface area contributed by atoms with E-state index in [-0.39, 0.29) is 17.7 Å². The lowest BCUT2D eigenvalue weighted by atomic mass is 9.52. The van der Waals surface area contributed by atoms with Gasteiger partial charge < -0.3 is 5.32 Å². The van der Waals surface area contributed by atoms with Crippen LogP contribution >= 0.6 is 23.2 Å². The lowest BCUT2D eigenvalue weighted by molar-refractivity contribution is -0.163. The number of nitrogens with one attached hydrogen (secondary N) is 2. The van der Waals surface area contributed by atoms with E-state index >= 15 is 0 Å². The van der Waals surface area contributed by atoms with Crippen LogP contribution in [0.4, 0.5) is 5.69 Å². The Morgan fingerprint density at radius 1 is 0.960 bits per heavy atom. The van der Waals surface area contributed by atoms with Gasteiger partial charge in [-0.2, -0.15) is 0 Å². The zero-order chi connectivity index (χ0) is 18.6. The molecule has 0 radical (unpaired) electrons. The number of hydrogen-bond donors (Lipinski definition) is 2. The molecule has 2 unspecified atom stereocenters. The van der Waals surface area contributed by atoms with E-state index < -0.39 is 16.2 Å². The van der Waals surface area contributed by atoms with E-state index in [9.17, 15) is 14.4 Å². The summed E-state index contributed by atoms with van der Waals surface area (Å²) in [5, 5.41) is 6.13. The molecule has 1 aromatic rings. The van der Waals surface area contributed by atoms with Gasteiger partial charge in [0.1, 0.15) is 0 Å². The Morgan fingerprint density at radius 3 is 1.92 bits per heavy atom. The molecule has 0 spiro atoms. The highest BCUT2D eigenvalue weighted by molar-refractivity contribution is 6.35. The third-order valence-electron chi connectivity index (χ3n) is 5.33. The minimum atomic E-state index is -0.857. The lowest BCUT2D eigenvalue weighted by Crippen LogP contribution is -2.63. The van der Waals surface area contributed by atoms with E-state index in [0.29, 0.717) is 35.0 Å². The molecule has 1 saturated heterocycles. The molecule has 2 bridgehead atoms. The molecule has 3 amide bonds. The van der Waals surface area contributed by atoms with E-state index in [1.54, 1.807) is 25.1 Å². The molecule has 5 nitrogen and oxygen atoms in total. The summed E-state index contributed by atoms with van der Waals surface area (Å²) in [5.74, 6) is -0.857. The Hall–Kier alpha value is -1.59. The highest BCUT2D eigenvalue weighted by Gasteiger charge is 2.60. The molecule has 2 fully saturated rings. The molecule has 134 valence electrons. The standard InChI is InChI=1S/C18H20Cl2N2O3/c1-16(13(23)21-12-5-10(19)4-11(20)6-12)7-17(2)9-18(3,8-16)15(25)22-14(17)24/h4-6H,7-9H2,1-3H3,(H,21,23)(H,22,24,25). The molecule has 1 heterocycles. The maximum atomic E-state index is 13.0. The molecule has 2 atom stereocenters. The minimum absolute atomic E-state index is 0.245. The summed E-state index contributed by atoms with van der Waals surface area (Å²) in [6.45, 7) is 5.43. The molecule has 1 aliphatic heterocycles. The van der Waals surface area contributed by atoms with E-state index in [2.05, 4.69) is 10.6 Å². The van der Waals surface area contributed by atoms with Crippen molar-refractivity contribution in [2.75, 3.05) is 5.32 Å². The number of benzene rings is 1. The number of piperidine rings is 1. The van der Waals surface area contributed by atoms with Crippen molar-refractivity contribution in [2.45, 2.75) is 40.0 Å². The van der Waals surface area contributed by atoms with Crippen LogP contribution in [0.25, 0.3) is 0 Å². The van der Waals surface area contributed by atoms with Crippen molar-refractivity contribution in [3.05, 3.63) is 28.2 Å². The van der Waals surface area contributed by atoms with Crippen LogP contribution in [-0.4, -0.2) is 17.7 Å². The maximum absolute atomic E-state index is 13.0. The molecule has 7 heteroatoms. The van der Waals surface area contributed by atoms with Crippen LogP contribution in [-0.2, 0) is 14.4 Å². The second-order valence-corrected chi connectivity index (χ2v) is 8.98. The monoisotopic (exact) mass is 382 g/mol. The lowest BCUT2D eigenvalue weighted by Gasteiger charge is -2.53. The topological polar surface area (TPSA) is 75.3 Å². The first kappa shape index (κ1) is 18.2.